The average molecular weight is 403 g/mol. The zero-order chi connectivity index (χ0) is 19.7. The van der Waals surface area contributed by atoms with Gasteiger partial charge in [0.15, 0.2) is 11.6 Å². The van der Waals surface area contributed by atoms with Crippen LogP contribution in [0.4, 0.5) is 27.5 Å². The van der Waals surface area contributed by atoms with Crippen molar-refractivity contribution in [3.8, 4) is 0 Å². The number of aliphatic hydroxyl groups is 1. The molecule has 0 bridgehead atoms. The van der Waals surface area contributed by atoms with Gasteiger partial charge in [-0.2, -0.15) is 5.10 Å². The second-order valence-corrected chi connectivity index (χ2v) is 7.20. The molecule has 1 saturated carbocycles. The number of H-pyrrole nitrogens is 1. The van der Waals surface area contributed by atoms with Crippen LogP contribution in [0.3, 0.4) is 0 Å². The highest BCUT2D eigenvalue weighted by atomic mass is 35.5. The molecule has 6 N–H and O–H groups in total. The second kappa shape index (κ2) is 7.65. The molecule has 2 aromatic heterocycles. The van der Waals surface area contributed by atoms with Gasteiger partial charge in [-0.3, -0.25) is 5.10 Å². The van der Waals surface area contributed by atoms with Crippen molar-refractivity contribution in [2.45, 2.75) is 24.8 Å². The molecule has 2 heterocycles. The van der Waals surface area contributed by atoms with Gasteiger partial charge in [0.2, 0.25) is 0 Å². The number of anilines is 4. The third kappa shape index (κ3) is 4.02. The van der Waals surface area contributed by atoms with E-state index >= 15 is 0 Å². The fourth-order valence-corrected chi connectivity index (χ4v) is 3.14. The molecule has 0 saturated heterocycles. The molecule has 1 aliphatic rings. The van der Waals surface area contributed by atoms with Crippen molar-refractivity contribution < 1.29 is 9.50 Å². The van der Waals surface area contributed by atoms with E-state index < -0.39 is 6.04 Å². The molecule has 1 atom stereocenters. The van der Waals surface area contributed by atoms with Crippen LogP contribution in [0.5, 0.6) is 0 Å². The van der Waals surface area contributed by atoms with Crippen molar-refractivity contribution in [1.29, 1.82) is 0 Å². The molecule has 3 aromatic rings. The van der Waals surface area contributed by atoms with E-state index in [-0.39, 0.29) is 12.4 Å². The third-order valence-corrected chi connectivity index (χ3v) is 4.92. The zero-order valence-electron chi connectivity index (χ0n) is 14.9. The number of rotatable bonds is 7. The molecule has 146 valence electrons. The lowest BCUT2D eigenvalue weighted by molar-refractivity contribution is 0.276. The lowest BCUT2D eigenvalue weighted by Gasteiger charge is -2.19. The predicted molar refractivity (Wildman–Crippen MR) is 107 cm³/mol. The number of hydrogen-bond acceptors (Lipinski definition) is 6. The van der Waals surface area contributed by atoms with Gasteiger partial charge in [0, 0.05) is 17.7 Å². The maximum absolute atomic E-state index is 13.2. The number of hydrogen-bond donors (Lipinski definition) is 5. The number of aromatic nitrogens is 3. The van der Waals surface area contributed by atoms with Gasteiger partial charge in [0.25, 0.3) is 0 Å². The summed E-state index contributed by atoms with van der Waals surface area (Å²) in [6, 6.07) is 8.86. The summed E-state index contributed by atoms with van der Waals surface area (Å²) in [7, 11) is 0. The minimum absolute atomic E-state index is 0.221. The van der Waals surface area contributed by atoms with Crippen molar-refractivity contribution in [2.24, 2.45) is 0 Å². The largest absolute Gasteiger partial charge is 0.396 e. The maximum Gasteiger partial charge on any atom is 0.157 e. The van der Waals surface area contributed by atoms with Crippen LogP contribution in [0.2, 0.25) is 5.02 Å². The van der Waals surface area contributed by atoms with Gasteiger partial charge in [-0.15, -0.1) is 0 Å². The first kappa shape index (κ1) is 18.5. The number of nitrogens with zero attached hydrogens (tertiary/aromatic N) is 2. The fourth-order valence-electron chi connectivity index (χ4n) is 2.92. The third-order valence-electron chi connectivity index (χ3n) is 4.63. The minimum Gasteiger partial charge on any atom is -0.396 e. The first-order chi connectivity index (χ1) is 13.5. The van der Waals surface area contributed by atoms with Crippen LogP contribution >= 0.6 is 11.6 Å². The van der Waals surface area contributed by atoms with Crippen LogP contribution in [0.15, 0.2) is 36.4 Å². The molecule has 1 aromatic carbocycles. The Morgan fingerprint density at radius 2 is 2.00 bits per heavy atom. The van der Waals surface area contributed by atoms with Crippen molar-refractivity contribution >= 4 is 34.7 Å². The van der Waals surface area contributed by atoms with E-state index in [4.69, 9.17) is 17.3 Å². The molecule has 7 nitrogen and oxygen atoms in total. The van der Waals surface area contributed by atoms with E-state index in [1.807, 2.05) is 6.07 Å². The Kier molecular flexibility index (Phi) is 5.06. The molecule has 0 aliphatic heterocycles. The molecule has 1 fully saturated rings. The van der Waals surface area contributed by atoms with Gasteiger partial charge in [-0.05, 0) is 36.6 Å². The van der Waals surface area contributed by atoms with E-state index in [9.17, 15) is 9.50 Å². The number of nitrogens with one attached hydrogen (secondary N) is 3. The van der Waals surface area contributed by atoms with Crippen molar-refractivity contribution in [2.75, 3.05) is 23.0 Å². The quantitative estimate of drug-likeness (QED) is 0.409. The highest BCUT2D eigenvalue weighted by Gasteiger charge is 2.25. The highest BCUT2D eigenvalue weighted by molar-refractivity contribution is 6.33. The van der Waals surface area contributed by atoms with Crippen LogP contribution in [0.25, 0.3) is 0 Å². The predicted octanol–water partition coefficient (Wildman–Crippen LogP) is 3.95. The summed E-state index contributed by atoms with van der Waals surface area (Å²) in [5.41, 5.74) is 8.20. The Bertz CT molecular complexity index is 973. The van der Waals surface area contributed by atoms with Gasteiger partial charge in [0.05, 0.1) is 23.4 Å². The normalized spacial score (nSPS) is 14.7. The Morgan fingerprint density at radius 1 is 1.25 bits per heavy atom. The van der Waals surface area contributed by atoms with Crippen LogP contribution in [0, 0.1) is 5.82 Å². The van der Waals surface area contributed by atoms with Gasteiger partial charge >= 0.3 is 0 Å². The summed E-state index contributed by atoms with van der Waals surface area (Å²) in [6.45, 7) is -0.221. The number of nitrogens with two attached hydrogens (primary N) is 1. The monoisotopic (exact) mass is 402 g/mol. The topological polar surface area (TPSA) is 112 Å². The summed E-state index contributed by atoms with van der Waals surface area (Å²) < 4.78 is 13.2. The van der Waals surface area contributed by atoms with Crippen LogP contribution in [-0.2, 0) is 0 Å². The van der Waals surface area contributed by atoms with Crippen LogP contribution in [0.1, 0.15) is 36.1 Å². The number of aromatic amines is 1. The Labute approximate surface area is 166 Å². The molecule has 4 rings (SSSR count). The summed E-state index contributed by atoms with van der Waals surface area (Å²) >= 11 is 6.28. The molecule has 0 spiro atoms. The zero-order valence-corrected chi connectivity index (χ0v) is 15.7. The number of pyridine rings is 1. The van der Waals surface area contributed by atoms with E-state index in [1.54, 1.807) is 18.2 Å². The Morgan fingerprint density at radius 3 is 2.68 bits per heavy atom. The molecular formula is C19H20ClFN6O. The van der Waals surface area contributed by atoms with E-state index in [1.165, 1.54) is 25.0 Å². The summed E-state index contributed by atoms with van der Waals surface area (Å²) in [5, 5.41) is 23.5. The standard InChI is InChI=1S/C19H20ClFN6O/c20-13-7-14(22)19(24-17-8-15(26-27-17)10-1-2-10)25-18(13)23-16(9-28)11-3-5-12(21)6-4-11/h3-8,10,16,28H,1-2,9,22H2,(H3,23,24,25,26,27)/t16-/m0/s1. The van der Waals surface area contributed by atoms with E-state index in [2.05, 4.69) is 25.8 Å². The first-order valence-electron chi connectivity index (χ1n) is 8.94. The Hall–Kier alpha value is -2.84. The Balaban J connectivity index is 1.56. The SMILES string of the molecule is Nc1cc(Cl)c(N[C@@H](CO)c2ccc(F)cc2)nc1Nc1cc(C2CC2)[nH]n1. The van der Waals surface area contributed by atoms with Crippen molar-refractivity contribution in [3.63, 3.8) is 0 Å². The molecule has 9 heteroatoms. The van der Waals surface area contributed by atoms with Crippen LogP contribution in [-0.4, -0.2) is 26.9 Å². The van der Waals surface area contributed by atoms with Crippen molar-refractivity contribution in [3.05, 3.63) is 58.5 Å². The molecule has 0 unspecified atom stereocenters. The molecule has 0 radical (unpaired) electrons. The lowest BCUT2D eigenvalue weighted by atomic mass is 10.1. The summed E-state index contributed by atoms with van der Waals surface area (Å²) in [6.07, 6.45) is 2.34. The number of halogens is 2. The smallest absolute Gasteiger partial charge is 0.157 e. The molecule has 28 heavy (non-hydrogen) atoms. The van der Waals surface area contributed by atoms with Gasteiger partial charge in [0.1, 0.15) is 11.6 Å². The number of aliphatic hydroxyl groups excluding tert-OH is 1. The van der Waals surface area contributed by atoms with Crippen LogP contribution < -0.4 is 16.4 Å². The van der Waals surface area contributed by atoms with E-state index in [0.717, 1.165) is 5.69 Å². The van der Waals surface area contributed by atoms with E-state index in [0.29, 0.717) is 39.6 Å². The fraction of sp³-hybridized carbons (Fsp3) is 0.263. The van der Waals surface area contributed by atoms with Crippen molar-refractivity contribution in [1.82, 2.24) is 15.2 Å². The number of nitrogen functional groups attached to an aromatic ring is 1. The minimum atomic E-state index is -0.506. The molecule has 1 aliphatic carbocycles. The second-order valence-electron chi connectivity index (χ2n) is 6.80. The lowest BCUT2D eigenvalue weighted by Crippen LogP contribution is -2.16. The number of benzene rings is 1. The maximum atomic E-state index is 13.2. The average Bonchev–Trinajstić information content (AvgIpc) is 3.43. The summed E-state index contributed by atoms with van der Waals surface area (Å²) in [4.78, 5) is 4.45. The highest BCUT2D eigenvalue weighted by Crippen LogP contribution is 2.40. The van der Waals surface area contributed by atoms with Gasteiger partial charge in [-0.25, -0.2) is 9.37 Å². The molecular weight excluding hydrogens is 383 g/mol. The molecule has 0 amide bonds. The van der Waals surface area contributed by atoms with Gasteiger partial charge < -0.3 is 21.5 Å². The summed E-state index contributed by atoms with van der Waals surface area (Å²) in [5.74, 6) is 1.57. The first-order valence-corrected chi connectivity index (χ1v) is 9.32. The van der Waals surface area contributed by atoms with Gasteiger partial charge in [-0.1, -0.05) is 23.7 Å².